The second kappa shape index (κ2) is 5.24. The lowest BCUT2D eigenvalue weighted by Crippen LogP contribution is -2.61. The molecule has 0 bridgehead atoms. The standard InChI is InChI=1S/C14H23N3O/c1-12-10-17(14(2,3)11-15-12)9-8-16-7-5-4-6-13(16)18/h4-7,12,15H,8-11H2,1-3H3. The molecule has 0 radical (unpaired) electrons. The summed E-state index contributed by atoms with van der Waals surface area (Å²) in [5, 5.41) is 3.50. The van der Waals surface area contributed by atoms with E-state index in [0.29, 0.717) is 6.04 Å². The van der Waals surface area contributed by atoms with Crippen LogP contribution < -0.4 is 10.9 Å². The van der Waals surface area contributed by atoms with E-state index in [2.05, 4.69) is 31.0 Å². The van der Waals surface area contributed by atoms with Crippen molar-refractivity contribution in [3.05, 3.63) is 34.7 Å². The predicted molar refractivity (Wildman–Crippen MR) is 73.8 cm³/mol. The summed E-state index contributed by atoms with van der Waals surface area (Å²) in [4.78, 5) is 14.1. The molecule has 1 N–H and O–H groups in total. The van der Waals surface area contributed by atoms with E-state index in [0.717, 1.165) is 26.2 Å². The van der Waals surface area contributed by atoms with Gasteiger partial charge in [-0.3, -0.25) is 9.69 Å². The fourth-order valence-electron chi connectivity index (χ4n) is 2.45. The third-order valence-electron chi connectivity index (χ3n) is 3.74. The molecule has 1 unspecified atom stereocenters. The average Bonchev–Trinajstić information content (AvgIpc) is 2.32. The van der Waals surface area contributed by atoms with Crippen molar-refractivity contribution in [2.24, 2.45) is 0 Å². The first kappa shape index (κ1) is 13.3. The van der Waals surface area contributed by atoms with Gasteiger partial charge in [0, 0.05) is 50.0 Å². The summed E-state index contributed by atoms with van der Waals surface area (Å²) < 4.78 is 1.78. The van der Waals surface area contributed by atoms with E-state index < -0.39 is 0 Å². The third-order valence-corrected chi connectivity index (χ3v) is 3.74. The van der Waals surface area contributed by atoms with Crippen molar-refractivity contribution < 1.29 is 0 Å². The summed E-state index contributed by atoms with van der Waals surface area (Å²) in [6.07, 6.45) is 1.86. The minimum absolute atomic E-state index is 0.0819. The molecule has 1 atom stereocenters. The van der Waals surface area contributed by atoms with Gasteiger partial charge in [-0.05, 0) is 26.8 Å². The van der Waals surface area contributed by atoms with Crippen LogP contribution in [0, 0.1) is 0 Å². The van der Waals surface area contributed by atoms with Gasteiger partial charge >= 0.3 is 0 Å². The molecule has 100 valence electrons. The molecule has 0 aliphatic carbocycles. The quantitative estimate of drug-likeness (QED) is 0.865. The second-order valence-electron chi connectivity index (χ2n) is 5.77. The topological polar surface area (TPSA) is 37.3 Å². The van der Waals surface area contributed by atoms with Crippen LogP contribution in [0.3, 0.4) is 0 Å². The molecular formula is C14H23N3O. The second-order valence-corrected chi connectivity index (χ2v) is 5.77. The molecule has 1 aromatic heterocycles. The SMILES string of the molecule is CC1CN(CCn2ccccc2=O)C(C)(C)CN1. The third kappa shape index (κ3) is 3.00. The molecule has 1 saturated heterocycles. The Bertz CT molecular complexity index is 452. The number of hydrogen-bond acceptors (Lipinski definition) is 3. The molecule has 1 aliphatic rings. The Balaban J connectivity index is 2.01. The van der Waals surface area contributed by atoms with E-state index in [4.69, 9.17) is 0 Å². The molecule has 18 heavy (non-hydrogen) atoms. The maximum Gasteiger partial charge on any atom is 0.250 e. The Morgan fingerprint density at radius 1 is 1.39 bits per heavy atom. The summed E-state index contributed by atoms with van der Waals surface area (Å²) in [6, 6.07) is 5.83. The van der Waals surface area contributed by atoms with Gasteiger partial charge in [-0.2, -0.15) is 0 Å². The molecule has 0 aromatic carbocycles. The molecule has 1 aliphatic heterocycles. The van der Waals surface area contributed by atoms with Gasteiger partial charge in [0.2, 0.25) is 0 Å². The van der Waals surface area contributed by atoms with Crippen LogP contribution in [0.2, 0.25) is 0 Å². The molecule has 0 amide bonds. The first-order valence-electron chi connectivity index (χ1n) is 6.63. The average molecular weight is 249 g/mol. The van der Waals surface area contributed by atoms with E-state index >= 15 is 0 Å². The molecule has 2 rings (SSSR count). The maximum absolute atomic E-state index is 11.6. The molecule has 1 fully saturated rings. The van der Waals surface area contributed by atoms with E-state index in [1.807, 2.05) is 12.3 Å². The van der Waals surface area contributed by atoms with Crippen LogP contribution in [0.5, 0.6) is 0 Å². The Kier molecular flexibility index (Phi) is 3.88. The van der Waals surface area contributed by atoms with E-state index in [9.17, 15) is 4.79 Å². The van der Waals surface area contributed by atoms with Crippen molar-refractivity contribution in [1.29, 1.82) is 0 Å². The van der Waals surface area contributed by atoms with Gasteiger partial charge in [0.25, 0.3) is 5.56 Å². The Morgan fingerprint density at radius 3 is 2.89 bits per heavy atom. The fourth-order valence-corrected chi connectivity index (χ4v) is 2.45. The number of nitrogens with one attached hydrogen (secondary N) is 1. The summed E-state index contributed by atoms with van der Waals surface area (Å²) in [6.45, 7) is 10.4. The summed E-state index contributed by atoms with van der Waals surface area (Å²) >= 11 is 0. The van der Waals surface area contributed by atoms with Crippen LogP contribution in [0.25, 0.3) is 0 Å². The minimum Gasteiger partial charge on any atom is -0.314 e. The molecule has 0 saturated carbocycles. The number of pyridine rings is 1. The van der Waals surface area contributed by atoms with E-state index in [1.54, 1.807) is 16.7 Å². The number of rotatable bonds is 3. The number of piperazine rings is 1. The minimum atomic E-state index is 0.0819. The number of hydrogen-bond donors (Lipinski definition) is 1. The summed E-state index contributed by atoms with van der Waals surface area (Å²) in [7, 11) is 0. The van der Waals surface area contributed by atoms with E-state index in [1.165, 1.54) is 0 Å². The lowest BCUT2D eigenvalue weighted by molar-refractivity contribution is 0.0665. The first-order valence-corrected chi connectivity index (χ1v) is 6.63. The van der Waals surface area contributed by atoms with Crippen molar-refractivity contribution in [3.63, 3.8) is 0 Å². The zero-order chi connectivity index (χ0) is 13.2. The zero-order valence-corrected chi connectivity index (χ0v) is 11.5. The monoisotopic (exact) mass is 249 g/mol. The summed E-state index contributed by atoms with van der Waals surface area (Å²) in [5.74, 6) is 0. The van der Waals surface area contributed by atoms with E-state index in [-0.39, 0.29) is 11.1 Å². The highest BCUT2D eigenvalue weighted by Gasteiger charge is 2.31. The van der Waals surface area contributed by atoms with Crippen LogP contribution in [0.4, 0.5) is 0 Å². The first-order chi connectivity index (χ1) is 8.49. The van der Waals surface area contributed by atoms with Crippen LogP contribution in [0.1, 0.15) is 20.8 Å². The highest BCUT2D eigenvalue weighted by molar-refractivity contribution is 4.95. The Labute approximate surface area is 109 Å². The van der Waals surface area contributed by atoms with Gasteiger partial charge in [-0.15, -0.1) is 0 Å². The normalized spacial score (nSPS) is 24.1. The lowest BCUT2D eigenvalue weighted by Gasteiger charge is -2.45. The van der Waals surface area contributed by atoms with Gasteiger partial charge in [0.15, 0.2) is 0 Å². The van der Waals surface area contributed by atoms with Crippen molar-refractivity contribution >= 4 is 0 Å². The summed E-state index contributed by atoms with van der Waals surface area (Å²) in [5.41, 5.74) is 0.240. The Morgan fingerprint density at radius 2 is 2.17 bits per heavy atom. The highest BCUT2D eigenvalue weighted by atomic mass is 16.1. The number of nitrogens with zero attached hydrogens (tertiary/aromatic N) is 2. The largest absolute Gasteiger partial charge is 0.314 e. The van der Waals surface area contributed by atoms with Crippen molar-refractivity contribution in [2.45, 2.75) is 38.9 Å². The van der Waals surface area contributed by atoms with Crippen LogP contribution in [0.15, 0.2) is 29.2 Å². The van der Waals surface area contributed by atoms with Crippen LogP contribution >= 0.6 is 0 Å². The molecule has 0 spiro atoms. The molecule has 1 aromatic rings. The van der Waals surface area contributed by atoms with Crippen molar-refractivity contribution in [3.8, 4) is 0 Å². The lowest BCUT2D eigenvalue weighted by atomic mass is 9.98. The Hall–Kier alpha value is -1.13. The number of aromatic nitrogens is 1. The highest BCUT2D eigenvalue weighted by Crippen LogP contribution is 2.17. The molecule has 4 heteroatoms. The van der Waals surface area contributed by atoms with Gasteiger partial charge in [-0.25, -0.2) is 0 Å². The van der Waals surface area contributed by atoms with Crippen molar-refractivity contribution in [2.75, 3.05) is 19.6 Å². The van der Waals surface area contributed by atoms with Crippen LogP contribution in [-0.2, 0) is 6.54 Å². The zero-order valence-electron chi connectivity index (χ0n) is 11.5. The van der Waals surface area contributed by atoms with Crippen molar-refractivity contribution in [1.82, 2.24) is 14.8 Å². The predicted octanol–water partition coefficient (Wildman–Crippen LogP) is 0.921. The molecule has 2 heterocycles. The van der Waals surface area contributed by atoms with Gasteiger partial charge in [0.1, 0.15) is 0 Å². The fraction of sp³-hybridized carbons (Fsp3) is 0.643. The smallest absolute Gasteiger partial charge is 0.250 e. The van der Waals surface area contributed by atoms with Gasteiger partial charge in [-0.1, -0.05) is 6.07 Å². The van der Waals surface area contributed by atoms with Crippen LogP contribution in [-0.4, -0.2) is 40.7 Å². The van der Waals surface area contributed by atoms with Gasteiger partial charge in [0.05, 0.1) is 0 Å². The molecular weight excluding hydrogens is 226 g/mol. The maximum atomic E-state index is 11.6. The molecule has 4 nitrogen and oxygen atoms in total. The van der Waals surface area contributed by atoms with Gasteiger partial charge < -0.3 is 9.88 Å².